The summed E-state index contributed by atoms with van der Waals surface area (Å²) in [6.45, 7) is 3.42. The van der Waals surface area contributed by atoms with Crippen molar-refractivity contribution >= 4 is 10.9 Å². The molecule has 2 N–H and O–H groups in total. The number of tetrazole rings is 1. The van der Waals surface area contributed by atoms with Gasteiger partial charge in [0.15, 0.2) is 5.82 Å². The van der Waals surface area contributed by atoms with Gasteiger partial charge >= 0.3 is 0 Å². The molecule has 2 heterocycles. The molecule has 0 spiro atoms. The van der Waals surface area contributed by atoms with E-state index in [4.69, 9.17) is 0 Å². The van der Waals surface area contributed by atoms with E-state index < -0.39 is 0 Å². The largest absolute Gasteiger partial charge is 0.395 e. The maximum Gasteiger partial charge on any atom is 0.252 e. The predicted molar refractivity (Wildman–Crippen MR) is 110 cm³/mol. The average Bonchev–Trinajstić information content (AvgIpc) is 3.18. The maximum atomic E-state index is 12.6. The maximum absolute atomic E-state index is 12.6. The van der Waals surface area contributed by atoms with Crippen molar-refractivity contribution in [2.75, 3.05) is 13.2 Å². The molecule has 1 aliphatic carbocycles. The first kappa shape index (κ1) is 19.7. The number of hydrogen-bond acceptors (Lipinski definition) is 6. The van der Waals surface area contributed by atoms with Crippen molar-refractivity contribution in [3.63, 3.8) is 0 Å². The Bertz CT molecular complexity index is 1020. The molecule has 0 saturated heterocycles. The number of aliphatic hydroxyl groups is 1. The van der Waals surface area contributed by atoms with Crippen LogP contribution in [0.2, 0.25) is 0 Å². The highest BCUT2D eigenvalue weighted by atomic mass is 16.3. The first-order chi connectivity index (χ1) is 14.1. The quantitative estimate of drug-likeness (QED) is 0.636. The molecule has 4 rings (SSSR count). The fraction of sp³-hybridized carbons (Fsp3) is 0.524. The van der Waals surface area contributed by atoms with E-state index in [2.05, 4.69) is 26.6 Å². The number of aromatic nitrogens is 5. The van der Waals surface area contributed by atoms with Crippen molar-refractivity contribution in [3.05, 3.63) is 51.6 Å². The minimum atomic E-state index is -0.101. The number of nitrogens with zero attached hydrogens (tertiary/aromatic N) is 5. The smallest absolute Gasteiger partial charge is 0.252 e. The summed E-state index contributed by atoms with van der Waals surface area (Å²) in [6, 6.07) is 8.27. The second-order valence-corrected chi connectivity index (χ2v) is 7.98. The second kappa shape index (κ2) is 8.84. The zero-order valence-electron chi connectivity index (χ0n) is 16.8. The molecule has 154 valence electrons. The van der Waals surface area contributed by atoms with Crippen LogP contribution in [0.4, 0.5) is 0 Å². The van der Waals surface area contributed by atoms with E-state index in [1.54, 1.807) is 0 Å². The van der Waals surface area contributed by atoms with Crippen LogP contribution in [-0.2, 0) is 13.1 Å². The fourth-order valence-electron chi connectivity index (χ4n) is 4.21. The second-order valence-electron chi connectivity index (χ2n) is 7.98. The lowest BCUT2D eigenvalue weighted by Gasteiger charge is -2.25. The number of nitrogens with one attached hydrogen (secondary N) is 1. The number of H-pyrrole nitrogens is 1. The minimum absolute atomic E-state index is 0.00951. The summed E-state index contributed by atoms with van der Waals surface area (Å²) < 4.78 is 1.94. The van der Waals surface area contributed by atoms with E-state index in [0.29, 0.717) is 31.2 Å². The molecular weight excluding hydrogens is 368 g/mol. The Morgan fingerprint density at radius 1 is 1.21 bits per heavy atom. The Hall–Kier alpha value is -2.58. The lowest BCUT2D eigenvalue weighted by atomic mass is 9.95. The number of aryl methyl sites for hydroxylation is 1. The Morgan fingerprint density at radius 3 is 2.83 bits per heavy atom. The molecule has 8 heteroatoms. The van der Waals surface area contributed by atoms with Gasteiger partial charge < -0.3 is 10.1 Å². The number of aliphatic hydroxyl groups excluding tert-OH is 1. The molecule has 0 aliphatic heterocycles. The Kier molecular flexibility index (Phi) is 6.01. The zero-order chi connectivity index (χ0) is 20.2. The molecule has 0 unspecified atom stereocenters. The van der Waals surface area contributed by atoms with Crippen LogP contribution in [0.25, 0.3) is 10.9 Å². The van der Waals surface area contributed by atoms with Crippen LogP contribution in [0.15, 0.2) is 29.1 Å². The van der Waals surface area contributed by atoms with Crippen molar-refractivity contribution in [2.45, 2.75) is 58.2 Å². The van der Waals surface area contributed by atoms with E-state index in [1.165, 1.54) is 19.3 Å². The molecule has 0 bridgehead atoms. The summed E-state index contributed by atoms with van der Waals surface area (Å²) in [6.07, 6.45) is 5.88. The molecule has 0 amide bonds. The van der Waals surface area contributed by atoms with Gasteiger partial charge in [-0.1, -0.05) is 30.9 Å². The van der Waals surface area contributed by atoms with Gasteiger partial charge in [-0.15, -0.1) is 5.10 Å². The highest BCUT2D eigenvalue weighted by Crippen LogP contribution is 2.28. The molecule has 8 nitrogen and oxygen atoms in total. The summed E-state index contributed by atoms with van der Waals surface area (Å²) in [4.78, 5) is 17.6. The SMILES string of the molecule is Cc1ccc2[nH]c(=O)c(CN(CCO)Cc3nnnn3C3CCCCC3)cc2c1. The van der Waals surface area contributed by atoms with Crippen LogP contribution in [0.5, 0.6) is 0 Å². The lowest BCUT2D eigenvalue weighted by molar-refractivity contribution is 0.175. The fourth-order valence-corrected chi connectivity index (χ4v) is 4.21. The van der Waals surface area contributed by atoms with E-state index in [1.807, 2.05) is 34.7 Å². The van der Waals surface area contributed by atoms with Crippen LogP contribution in [0.3, 0.4) is 0 Å². The number of pyridine rings is 1. The first-order valence-electron chi connectivity index (χ1n) is 10.4. The molecule has 29 heavy (non-hydrogen) atoms. The third-order valence-corrected chi connectivity index (χ3v) is 5.73. The van der Waals surface area contributed by atoms with Gasteiger partial charge in [0.05, 0.1) is 19.2 Å². The highest BCUT2D eigenvalue weighted by Gasteiger charge is 2.21. The summed E-state index contributed by atoms with van der Waals surface area (Å²) in [7, 11) is 0. The van der Waals surface area contributed by atoms with Crippen molar-refractivity contribution in [2.24, 2.45) is 0 Å². The number of aromatic amines is 1. The predicted octanol–water partition coefficient (Wildman–Crippen LogP) is 2.32. The summed E-state index contributed by atoms with van der Waals surface area (Å²) in [5.74, 6) is 0.790. The van der Waals surface area contributed by atoms with Gasteiger partial charge in [0.25, 0.3) is 5.56 Å². The van der Waals surface area contributed by atoms with Crippen LogP contribution in [0.1, 0.15) is 55.1 Å². The van der Waals surface area contributed by atoms with Crippen LogP contribution < -0.4 is 5.56 Å². The third kappa shape index (κ3) is 4.54. The summed E-state index contributed by atoms with van der Waals surface area (Å²) in [5.41, 5.74) is 2.55. The van der Waals surface area contributed by atoms with Gasteiger partial charge in [-0.2, -0.15) is 0 Å². The van der Waals surface area contributed by atoms with E-state index in [-0.39, 0.29) is 12.2 Å². The van der Waals surface area contributed by atoms with Crippen molar-refractivity contribution in [1.29, 1.82) is 0 Å². The molecule has 0 radical (unpaired) electrons. The molecule has 1 aromatic carbocycles. The normalized spacial score (nSPS) is 15.4. The van der Waals surface area contributed by atoms with Gasteiger partial charge in [-0.05, 0) is 53.8 Å². The van der Waals surface area contributed by atoms with Crippen molar-refractivity contribution < 1.29 is 5.11 Å². The van der Waals surface area contributed by atoms with Crippen molar-refractivity contribution in [3.8, 4) is 0 Å². The number of benzene rings is 1. The molecular formula is C21H28N6O2. The number of rotatable bonds is 7. The number of fused-ring (bicyclic) bond motifs is 1. The minimum Gasteiger partial charge on any atom is -0.395 e. The third-order valence-electron chi connectivity index (χ3n) is 5.73. The van der Waals surface area contributed by atoms with E-state index >= 15 is 0 Å². The first-order valence-corrected chi connectivity index (χ1v) is 10.4. The zero-order valence-corrected chi connectivity index (χ0v) is 16.8. The van der Waals surface area contributed by atoms with Crippen LogP contribution in [-0.4, -0.2) is 48.3 Å². The van der Waals surface area contributed by atoms with Gasteiger partial charge in [-0.3, -0.25) is 9.69 Å². The van der Waals surface area contributed by atoms with Crippen LogP contribution >= 0.6 is 0 Å². The van der Waals surface area contributed by atoms with Gasteiger partial charge in [0.2, 0.25) is 0 Å². The standard InChI is InChI=1S/C21H28N6O2/c1-15-7-8-19-16(11-15)12-17(21(29)22-19)13-26(9-10-28)14-20-23-24-25-27(20)18-5-3-2-4-6-18/h7-8,11-12,18,28H,2-6,9-10,13-14H2,1H3,(H,22,29). The Balaban J connectivity index is 1.56. The molecule has 2 aromatic heterocycles. The lowest BCUT2D eigenvalue weighted by Crippen LogP contribution is -2.31. The average molecular weight is 396 g/mol. The summed E-state index contributed by atoms with van der Waals surface area (Å²) in [5, 5.41) is 22.9. The molecule has 1 aliphatic rings. The Morgan fingerprint density at radius 2 is 2.03 bits per heavy atom. The summed E-state index contributed by atoms with van der Waals surface area (Å²) >= 11 is 0. The molecule has 0 atom stereocenters. The molecule has 1 fully saturated rings. The van der Waals surface area contributed by atoms with Gasteiger partial charge in [0, 0.05) is 24.2 Å². The molecule has 1 saturated carbocycles. The van der Waals surface area contributed by atoms with Crippen LogP contribution in [0, 0.1) is 6.92 Å². The highest BCUT2D eigenvalue weighted by molar-refractivity contribution is 5.79. The topological polar surface area (TPSA) is 99.9 Å². The van der Waals surface area contributed by atoms with Gasteiger partial charge in [0.1, 0.15) is 0 Å². The monoisotopic (exact) mass is 396 g/mol. The van der Waals surface area contributed by atoms with Gasteiger partial charge in [-0.25, -0.2) is 4.68 Å². The van der Waals surface area contributed by atoms with E-state index in [9.17, 15) is 9.90 Å². The Labute approximate surface area is 169 Å². The van der Waals surface area contributed by atoms with Crippen molar-refractivity contribution in [1.82, 2.24) is 30.1 Å². The molecule has 3 aromatic rings. The van der Waals surface area contributed by atoms with E-state index in [0.717, 1.165) is 35.1 Å². The number of hydrogen-bond donors (Lipinski definition) is 2.